The van der Waals surface area contributed by atoms with Crippen LogP contribution in [0.25, 0.3) is 0 Å². The number of ether oxygens (including phenoxy) is 1. The number of nitrogens with one attached hydrogen (secondary N) is 1. The number of aromatic amines is 1. The molecule has 0 radical (unpaired) electrons. The second-order valence-corrected chi connectivity index (χ2v) is 13.6. The summed E-state index contributed by atoms with van der Waals surface area (Å²) in [4.78, 5) is 25.7. The molecule has 0 bridgehead atoms. The summed E-state index contributed by atoms with van der Waals surface area (Å²) >= 11 is 1.86. The maximum Gasteiger partial charge on any atom is 0.328 e. The van der Waals surface area contributed by atoms with Crippen LogP contribution in [0.3, 0.4) is 0 Å². The first-order chi connectivity index (χ1) is 10.9. The highest BCUT2D eigenvalue weighted by atomic mass is 127. The van der Waals surface area contributed by atoms with E-state index >= 15 is 0 Å². The summed E-state index contributed by atoms with van der Waals surface area (Å²) < 4.78 is 13.5. The van der Waals surface area contributed by atoms with Crippen molar-refractivity contribution >= 4 is 30.9 Å². The van der Waals surface area contributed by atoms with Crippen molar-refractivity contribution in [2.45, 2.75) is 57.2 Å². The number of hydrogen-bond acceptors (Lipinski definition) is 5. The van der Waals surface area contributed by atoms with Gasteiger partial charge in [0.05, 0.1) is 22.8 Å². The molecule has 3 atom stereocenters. The van der Waals surface area contributed by atoms with Gasteiger partial charge in [0.25, 0.3) is 5.56 Å². The number of halogens is 1. The van der Waals surface area contributed by atoms with Crippen LogP contribution in [0.1, 0.15) is 26.8 Å². The van der Waals surface area contributed by atoms with Gasteiger partial charge >= 0.3 is 5.69 Å². The average Bonchev–Trinajstić information content (AvgIpc) is 2.81. The molecule has 2 N–H and O–H groups in total. The van der Waals surface area contributed by atoms with E-state index in [0.29, 0.717) is 10.2 Å². The second kappa shape index (κ2) is 7.02. The van der Waals surface area contributed by atoms with Gasteiger partial charge in [0.2, 0.25) is 0 Å². The van der Waals surface area contributed by atoms with Gasteiger partial charge in [-0.05, 0) is 40.7 Å². The number of aromatic nitrogens is 2. The minimum absolute atomic E-state index is 0.0714. The minimum Gasteiger partial charge on any atom is -0.414 e. The molecule has 136 valence electrons. The lowest BCUT2D eigenvalue weighted by Crippen LogP contribution is -2.45. The summed E-state index contributed by atoms with van der Waals surface area (Å²) in [5, 5.41) is 10.6. The maximum atomic E-state index is 12.0. The molecule has 2 rings (SSSR count). The van der Waals surface area contributed by atoms with Gasteiger partial charge < -0.3 is 14.3 Å². The van der Waals surface area contributed by atoms with Crippen molar-refractivity contribution in [2.75, 3.05) is 13.2 Å². The molecule has 1 aromatic heterocycles. The number of H-pyrrole nitrogens is 1. The van der Waals surface area contributed by atoms with E-state index in [2.05, 4.69) is 38.8 Å². The van der Waals surface area contributed by atoms with Crippen LogP contribution in [-0.4, -0.2) is 48.4 Å². The van der Waals surface area contributed by atoms with Crippen LogP contribution >= 0.6 is 22.6 Å². The van der Waals surface area contributed by atoms with E-state index in [1.165, 1.54) is 10.8 Å². The number of hydrogen-bond donors (Lipinski definition) is 2. The zero-order valence-electron chi connectivity index (χ0n) is 14.6. The lowest BCUT2D eigenvalue weighted by Gasteiger charge is -2.37. The van der Waals surface area contributed by atoms with E-state index in [-0.39, 0.29) is 11.6 Å². The molecule has 1 aliphatic heterocycles. The topological polar surface area (TPSA) is 93.5 Å². The highest BCUT2D eigenvalue weighted by Gasteiger charge is 2.42. The molecule has 0 spiro atoms. The molecule has 1 fully saturated rings. The number of aliphatic hydroxyl groups is 1. The van der Waals surface area contributed by atoms with Gasteiger partial charge in [0.15, 0.2) is 8.32 Å². The van der Waals surface area contributed by atoms with E-state index in [4.69, 9.17) is 9.16 Å². The summed E-state index contributed by atoms with van der Waals surface area (Å²) in [6, 6.07) is -0.532. The van der Waals surface area contributed by atoms with Crippen molar-refractivity contribution in [3.63, 3.8) is 0 Å². The Labute approximate surface area is 155 Å². The highest BCUT2D eigenvalue weighted by molar-refractivity contribution is 14.1. The average molecular weight is 468 g/mol. The maximum absolute atomic E-state index is 12.0. The predicted molar refractivity (Wildman–Crippen MR) is 102 cm³/mol. The molecule has 7 nitrogen and oxygen atoms in total. The monoisotopic (exact) mass is 468 g/mol. The first-order valence-electron chi connectivity index (χ1n) is 7.88. The third-order valence-corrected chi connectivity index (χ3v) is 10.2. The zero-order valence-corrected chi connectivity index (χ0v) is 17.8. The molecule has 9 heteroatoms. The lowest BCUT2D eigenvalue weighted by molar-refractivity contribution is 0.00523. The van der Waals surface area contributed by atoms with Crippen LogP contribution in [0.2, 0.25) is 18.1 Å². The number of aliphatic hydroxyl groups excluding tert-OH is 1. The Bertz CT molecular complexity index is 709. The lowest BCUT2D eigenvalue weighted by atomic mass is 10.1. The van der Waals surface area contributed by atoms with Crippen molar-refractivity contribution in [1.82, 2.24) is 9.55 Å². The SMILES string of the molecule is CC(C)(C)[Si](C)(C)OCC1OCC(n2cc(I)c(=O)[nH]c2=O)C1O. The van der Waals surface area contributed by atoms with Gasteiger partial charge in [-0.1, -0.05) is 20.8 Å². The molecule has 0 saturated carbocycles. The fraction of sp³-hybridized carbons (Fsp3) is 0.733. The van der Waals surface area contributed by atoms with Gasteiger partial charge in [-0.3, -0.25) is 14.3 Å². The Morgan fingerprint density at radius 3 is 2.67 bits per heavy atom. The Morgan fingerprint density at radius 2 is 2.08 bits per heavy atom. The van der Waals surface area contributed by atoms with Gasteiger partial charge in [0, 0.05) is 6.20 Å². The zero-order chi connectivity index (χ0) is 18.3. The van der Waals surface area contributed by atoms with Gasteiger partial charge in [-0.15, -0.1) is 0 Å². The third kappa shape index (κ3) is 4.01. The van der Waals surface area contributed by atoms with Gasteiger partial charge in [0.1, 0.15) is 12.2 Å². The quantitative estimate of drug-likeness (QED) is 0.516. The van der Waals surface area contributed by atoms with Crippen LogP contribution in [-0.2, 0) is 9.16 Å². The fourth-order valence-corrected chi connectivity index (χ4v) is 3.72. The Morgan fingerprint density at radius 1 is 1.46 bits per heavy atom. The van der Waals surface area contributed by atoms with Crippen molar-refractivity contribution in [1.29, 1.82) is 0 Å². The Balaban J connectivity index is 2.11. The first-order valence-corrected chi connectivity index (χ1v) is 11.9. The molecule has 2 heterocycles. The Hall–Kier alpha value is -0.493. The molecular weight excluding hydrogens is 443 g/mol. The minimum atomic E-state index is -1.94. The van der Waals surface area contributed by atoms with E-state index < -0.39 is 37.8 Å². The normalized spacial score (nSPS) is 25.2. The van der Waals surface area contributed by atoms with Gasteiger partial charge in [-0.25, -0.2) is 4.79 Å². The molecule has 0 amide bonds. The smallest absolute Gasteiger partial charge is 0.328 e. The third-order valence-electron chi connectivity index (χ3n) is 4.95. The molecule has 1 aliphatic rings. The van der Waals surface area contributed by atoms with E-state index in [1.54, 1.807) is 0 Å². The van der Waals surface area contributed by atoms with E-state index in [0.717, 1.165) is 0 Å². The van der Waals surface area contributed by atoms with E-state index in [1.807, 2.05) is 22.6 Å². The molecular formula is C15H25IN2O5Si. The van der Waals surface area contributed by atoms with Crippen LogP contribution in [0.5, 0.6) is 0 Å². The largest absolute Gasteiger partial charge is 0.414 e. The molecule has 1 aromatic rings. The fourth-order valence-electron chi connectivity index (χ4n) is 2.27. The van der Waals surface area contributed by atoms with Crippen LogP contribution in [0, 0.1) is 3.57 Å². The van der Waals surface area contributed by atoms with E-state index in [9.17, 15) is 14.7 Å². The molecule has 0 aliphatic carbocycles. The summed E-state index contributed by atoms with van der Waals surface area (Å²) in [5.74, 6) is 0. The summed E-state index contributed by atoms with van der Waals surface area (Å²) in [5.41, 5.74) is -0.970. The molecule has 0 aromatic carbocycles. The van der Waals surface area contributed by atoms with Crippen LogP contribution in [0.4, 0.5) is 0 Å². The predicted octanol–water partition coefficient (Wildman–Crippen LogP) is 1.46. The van der Waals surface area contributed by atoms with Crippen molar-refractivity contribution < 1.29 is 14.3 Å². The van der Waals surface area contributed by atoms with Crippen LogP contribution < -0.4 is 11.2 Å². The number of nitrogens with zero attached hydrogens (tertiary/aromatic N) is 1. The van der Waals surface area contributed by atoms with Gasteiger partial charge in [-0.2, -0.15) is 0 Å². The number of rotatable bonds is 4. The first kappa shape index (κ1) is 19.8. The van der Waals surface area contributed by atoms with Crippen molar-refractivity contribution in [2.24, 2.45) is 0 Å². The second-order valence-electron chi connectivity index (χ2n) is 7.64. The Kier molecular flexibility index (Phi) is 5.80. The highest BCUT2D eigenvalue weighted by Crippen LogP contribution is 2.37. The van der Waals surface area contributed by atoms with Crippen molar-refractivity contribution in [3.8, 4) is 0 Å². The summed E-state index contributed by atoms with van der Waals surface area (Å²) in [6.45, 7) is 11.2. The van der Waals surface area contributed by atoms with Crippen LogP contribution in [0.15, 0.2) is 15.8 Å². The molecule has 3 unspecified atom stereocenters. The van der Waals surface area contributed by atoms with Crippen molar-refractivity contribution in [3.05, 3.63) is 30.6 Å². The summed E-state index contributed by atoms with van der Waals surface area (Å²) in [7, 11) is -1.94. The summed E-state index contributed by atoms with van der Waals surface area (Å²) in [6.07, 6.45) is 0.102. The molecule has 1 saturated heterocycles. The molecule has 24 heavy (non-hydrogen) atoms. The standard InChI is InChI=1S/C15H25IN2O5Si/c1-15(2,3)24(4,5)23-8-11-12(19)10(7-22-11)18-6-9(16)13(20)17-14(18)21/h6,10-12,19H,7-8H2,1-5H3,(H,17,20,21).